The van der Waals surface area contributed by atoms with Gasteiger partial charge in [-0.1, -0.05) is 38.7 Å². The topological polar surface area (TPSA) is 32.3 Å². The van der Waals surface area contributed by atoms with Crippen LogP contribution in [0.2, 0.25) is 0 Å². The van der Waals surface area contributed by atoms with Gasteiger partial charge in [0, 0.05) is 19.5 Å². The summed E-state index contributed by atoms with van der Waals surface area (Å²) in [5.74, 6) is -0.425. The number of rotatable bonds is 8. The molecule has 0 saturated carbocycles. The summed E-state index contributed by atoms with van der Waals surface area (Å²) < 4.78 is 14.1. The predicted octanol–water partition coefficient (Wildman–Crippen LogP) is 4.72. The van der Waals surface area contributed by atoms with Crippen LogP contribution in [0, 0.1) is 5.82 Å². The molecule has 1 aromatic rings. The van der Waals surface area contributed by atoms with Crippen molar-refractivity contribution >= 4 is 17.3 Å². The molecule has 22 heavy (non-hydrogen) atoms. The first-order valence-electron chi connectivity index (χ1n) is 8.55. The highest BCUT2D eigenvalue weighted by atomic mass is 19.1. The van der Waals surface area contributed by atoms with Crippen molar-refractivity contribution in [2.24, 2.45) is 0 Å². The zero-order valence-corrected chi connectivity index (χ0v) is 13.5. The van der Waals surface area contributed by atoms with E-state index < -0.39 is 0 Å². The summed E-state index contributed by atoms with van der Waals surface area (Å²) in [6.45, 7) is 4.04. The zero-order chi connectivity index (χ0) is 15.8. The van der Waals surface area contributed by atoms with Crippen LogP contribution in [0.15, 0.2) is 18.2 Å². The van der Waals surface area contributed by atoms with Gasteiger partial charge >= 0.3 is 0 Å². The van der Waals surface area contributed by atoms with Crippen LogP contribution in [0.4, 0.5) is 15.8 Å². The number of nitrogens with one attached hydrogen (secondary N) is 1. The maximum absolute atomic E-state index is 14.1. The lowest BCUT2D eigenvalue weighted by molar-refractivity contribution is -0.116. The SMILES string of the molecule is CCCCCCCC(=O)Nc1c(F)cccc1N1CCCC1. The fourth-order valence-corrected chi connectivity index (χ4v) is 2.95. The maximum atomic E-state index is 14.1. The van der Waals surface area contributed by atoms with Crippen LogP contribution >= 0.6 is 0 Å². The molecule has 1 saturated heterocycles. The Kier molecular flexibility index (Phi) is 6.69. The molecule has 3 nitrogen and oxygen atoms in total. The van der Waals surface area contributed by atoms with E-state index >= 15 is 0 Å². The van der Waals surface area contributed by atoms with Crippen LogP contribution in [0.1, 0.15) is 58.3 Å². The van der Waals surface area contributed by atoms with Gasteiger partial charge in [-0.05, 0) is 31.4 Å². The highest BCUT2D eigenvalue weighted by Crippen LogP contribution is 2.31. The van der Waals surface area contributed by atoms with E-state index in [1.54, 1.807) is 6.07 Å². The van der Waals surface area contributed by atoms with Gasteiger partial charge in [0.15, 0.2) is 0 Å². The summed E-state index contributed by atoms with van der Waals surface area (Å²) in [7, 11) is 0. The molecule has 0 radical (unpaired) electrons. The molecule has 0 bridgehead atoms. The number of carbonyl (C=O) groups is 1. The Morgan fingerprint density at radius 2 is 1.91 bits per heavy atom. The molecule has 0 unspecified atom stereocenters. The summed E-state index contributed by atoms with van der Waals surface area (Å²) in [5.41, 5.74) is 1.17. The predicted molar refractivity (Wildman–Crippen MR) is 89.9 cm³/mol. The summed E-state index contributed by atoms with van der Waals surface area (Å²) in [6, 6.07) is 5.02. The first kappa shape index (κ1) is 16.8. The monoisotopic (exact) mass is 306 g/mol. The largest absolute Gasteiger partial charge is 0.370 e. The highest BCUT2D eigenvalue weighted by Gasteiger charge is 2.19. The summed E-state index contributed by atoms with van der Waals surface area (Å²) in [5, 5.41) is 2.79. The third-order valence-electron chi connectivity index (χ3n) is 4.21. The quantitative estimate of drug-likeness (QED) is 0.704. The van der Waals surface area contributed by atoms with Gasteiger partial charge < -0.3 is 10.2 Å². The van der Waals surface area contributed by atoms with E-state index in [9.17, 15) is 9.18 Å². The normalized spacial score (nSPS) is 14.4. The average molecular weight is 306 g/mol. The minimum Gasteiger partial charge on any atom is -0.370 e. The first-order chi connectivity index (χ1) is 10.7. The molecule has 2 rings (SSSR count). The van der Waals surface area contributed by atoms with Gasteiger partial charge in [-0.25, -0.2) is 4.39 Å². The summed E-state index contributed by atoms with van der Waals surface area (Å²) >= 11 is 0. The Bertz CT molecular complexity index is 484. The van der Waals surface area contributed by atoms with Gasteiger partial charge in [0.05, 0.1) is 5.69 Å². The fraction of sp³-hybridized carbons (Fsp3) is 0.611. The molecule has 0 atom stereocenters. The lowest BCUT2D eigenvalue weighted by atomic mass is 10.1. The van der Waals surface area contributed by atoms with Crippen LogP contribution in [-0.4, -0.2) is 19.0 Å². The molecule has 122 valence electrons. The number of hydrogen-bond acceptors (Lipinski definition) is 2. The number of benzene rings is 1. The lowest BCUT2D eigenvalue weighted by Crippen LogP contribution is -2.21. The van der Waals surface area contributed by atoms with Gasteiger partial charge in [-0.15, -0.1) is 0 Å². The van der Waals surface area contributed by atoms with Gasteiger partial charge in [0.1, 0.15) is 11.5 Å². The van der Waals surface area contributed by atoms with Crippen LogP contribution < -0.4 is 10.2 Å². The summed E-state index contributed by atoms with van der Waals surface area (Å²) in [4.78, 5) is 14.2. The van der Waals surface area contributed by atoms with Crippen LogP contribution in [0.5, 0.6) is 0 Å². The number of unbranched alkanes of at least 4 members (excludes halogenated alkanes) is 4. The smallest absolute Gasteiger partial charge is 0.224 e. The van der Waals surface area contributed by atoms with E-state index in [2.05, 4.69) is 17.1 Å². The molecule has 0 aliphatic carbocycles. The molecule has 1 aliphatic rings. The van der Waals surface area contributed by atoms with Crippen molar-refractivity contribution in [3.05, 3.63) is 24.0 Å². The van der Waals surface area contributed by atoms with Crippen molar-refractivity contribution < 1.29 is 9.18 Å². The molecule has 4 heteroatoms. The first-order valence-corrected chi connectivity index (χ1v) is 8.55. The van der Waals surface area contributed by atoms with Crippen molar-refractivity contribution in [1.82, 2.24) is 0 Å². The van der Waals surface area contributed by atoms with Crippen molar-refractivity contribution in [2.45, 2.75) is 58.3 Å². The molecule has 0 spiro atoms. The third-order valence-corrected chi connectivity index (χ3v) is 4.21. The van der Waals surface area contributed by atoms with E-state index in [0.717, 1.165) is 44.5 Å². The maximum Gasteiger partial charge on any atom is 0.224 e. The average Bonchev–Trinajstić information content (AvgIpc) is 3.03. The third kappa shape index (κ3) is 4.72. The van der Waals surface area contributed by atoms with E-state index in [-0.39, 0.29) is 11.7 Å². The zero-order valence-electron chi connectivity index (χ0n) is 13.5. The number of anilines is 2. The van der Waals surface area contributed by atoms with Crippen molar-refractivity contribution in [3.8, 4) is 0 Å². The Morgan fingerprint density at radius 3 is 2.64 bits per heavy atom. The molecule has 1 N–H and O–H groups in total. The second-order valence-electron chi connectivity index (χ2n) is 6.04. The van der Waals surface area contributed by atoms with Crippen LogP contribution in [0.25, 0.3) is 0 Å². The Labute approximate surface area is 132 Å². The molecule has 1 aromatic carbocycles. The lowest BCUT2D eigenvalue weighted by Gasteiger charge is -2.22. The molecular formula is C18H27FN2O. The number of carbonyl (C=O) groups excluding carboxylic acids is 1. The minimum absolute atomic E-state index is 0.0814. The Morgan fingerprint density at radius 1 is 1.18 bits per heavy atom. The number of amides is 1. The van der Waals surface area contributed by atoms with E-state index in [1.165, 1.54) is 25.3 Å². The molecule has 1 aliphatic heterocycles. The standard InChI is InChI=1S/C18H27FN2O/c1-2-3-4-5-6-12-17(22)20-18-15(19)10-9-11-16(18)21-13-7-8-14-21/h9-11H,2-8,12-14H2,1H3,(H,20,22). The molecule has 1 amide bonds. The second-order valence-corrected chi connectivity index (χ2v) is 6.04. The van der Waals surface area contributed by atoms with Crippen LogP contribution in [0.3, 0.4) is 0 Å². The number of halogens is 1. The van der Waals surface area contributed by atoms with Gasteiger partial charge in [-0.3, -0.25) is 4.79 Å². The van der Waals surface area contributed by atoms with Crippen molar-refractivity contribution in [3.63, 3.8) is 0 Å². The van der Waals surface area contributed by atoms with Gasteiger partial charge in [0.2, 0.25) is 5.91 Å². The van der Waals surface area contributed by atoms with Gasteiger partial charge in [0.25, 0.3) is 0 Å². The summed E-state index contributed by atoms with van der Waals surface area (Å²) in [6.07, 6.45) is 8.24. The van der Waals surface area contributed by atoms with E-state index in [0.29, 0.717) is 12.1 Å². The molecule has 1 heterocycles. The van der Waals surface area contributed by atoms with Crippen molar-refractivity contribution in [1.29, 1.82) is 0 Å². The van der Waals surface area contributed by atoms with E-state index in [4.69, 9.17) is 0 Å². The Hall–Kier alpha value is -1.58. The highest BCUT2D eigenvalue weighted by molar-refractivity contribution is 5.94. The molecule has 0 aromatic heterocycles. The second kappa shape index (κ2) is 8.76. The molecular weight excluding hydrogens is 279 g/mol. The van der Waals surface area contributed by atoms with E-state index in [1.807, 2.05) is 6.07 Å². The van der Waals surface area contributed by atoms with Crippen molar-refractivity contribution in [2.75, 3.05) is 23.3 Å². The number of hydrogen-bond donors (Lipinski definition) is 1. The number of nitrogens with zero attached hydrogens (tertiary/aromatic N) is 1. The molecule has 1 fully saturated rings. The van der Waals surface area contributed by atoms with Gasteiger partial charge in [-0.2, -0.15) is 0 Å². The van der Waals surface area contributed by atoms with Crippen LogP contribution in [-0.2, 0) is 4.79 Å². The minimum atomic E-state index is -0.344. The Balaban J connectivity index is 1.92. The fourth-order valence-electron chi connectivity index (χ4n) is 2.95. The number of para-hydroxylation sites is 1.